The molecule has 4 amide bonds. The van der Waals surface area contributed by atoms with E-state index in [9.17, 15) is 19.2 Å². The maximum absolute atomic E-state index is 13.8. The van der Waals surface area contributed by atoms with Gasteiger partial charge < -0.3 is 44.6 Å². The molecule has 15 nitrogen and oxygen atoms in total. The zero-order chi connectivity index (χ0) is 41.1. The third-order valence-electron chi connectivity index (χ3n) is 10.6. The number of aromatic nitrogens is 4. The Balaban J connectivity index is 1.11. The number of alkyl carbamates (subject to hydrolysis) is 2. The van der Waals surface area contributed by atoms with Gasteiger partial charge in [0.2, 0.25) is 11.8 Å². The van der Waals surface area contributed by atoms with Crippen LogP contribution in [0.5, 0.6) is 11.5 Å². The standard InChI is InChI=1S/C42H54N8O7/c1-41(2,3)33(47-39(53)55-7)37(51)49-20-10-14-31(49)35-43-23-29(45-35)25-16-18-27(19-17-25)57-28-13-9-12-26(22-28)30-24-44-36(46-30)32-15-11-21-50(32)38(52)34(42(4,5)6)48-40(54)56-8/h9,12-13,16-19,22-24,31-34H,10-11,14-15,20-21H2,1-8H3,(H,43,45)(H,44,46)(H,47,53)(H,48,54)/t31-,32-,33+,34+/m0/s1. The Hall–Kier alpha value is -5.86. The number of imidazole rings is 2. The van der Waals surface area contributed by atoms with Gasteiger partial charge in [0, 0.05) is 18.7 Å². The predicted molar refractivity (Wildman–Crippen MR) is 213 cm³/mol. The number of benzene rings is 2. The number of hydrogen-bond acceptors (Lipinski definition) is 9. The molecule has 57 heavy (non-hydrogen) atoms. The maximum atomic E-state index is 13.8. The van der Waals surface area contributed by atoms with E-state index >= 15 is 0 Å². The summed E-state index contributed by atoms with van der Waals surface area (Å²) in [5.74, 6) is 2.32. The fraction of sp³-hybridized carbons (Fsp3) is 0.476. The van der Waals surface area contributed by atoms with Crippen molar-refractivity contribution in [3.8, 4) is 34.0 Å². The van der Waals surface area contributed by atoms with Gasteiger partial charge in [0.25, 0.3) is 0 Å². The second-order valence-corrected chi connectivity index (χ2v) is 16.8. The molecule has 4 atom stereocenters. The van der Waals surface area contributed by atoms with E-state index in [1.54, 1.807) is 22.2 Å². The maximum Gasteiger partial charge on any atom is 0.407 e. The SMILES string of the molecule is COC(=O)N[C@H](C(=O)N1CCC[C@H]1c1ncc(-c2ccc(Oc3cccc(-c4cnc([C@@H]5CCCN5C(=O)[C@@H](NC(=O)OC)C(C)(C)C)[nH]4)c3)cc2)[nH]1)C(C)(C)C. The van der Waals surface area contributed by atoms with Crippen molar-refractivity contribution in [1.82, 2.24) is 40.4 Å². The van der Waals surface area contributed by atoms with E-state index in [-0.39, 0.29) is 23.9 Å². The average molecular weight is 783 g/mol. The first-order valence-electron chi connectivity index (χ1n) is 19.4. The van der Waals surface area contributed by atoms with E-state index in [2.05, 4.69) is 30.6 Å². The number of rotatable bonds is 10. The molecular formula is C42H54N8O7. The molecule has 2 aromatic heterocycles. The summed E-state index contributed by atoms with van der Waals surface area (Å²) < 4.78 is 15.8. The van der Waals surface area contributed by atoms with Crippen LogP contribution in [0.2, 0.25) is 0 Å². The summed E-state index contributed by atoms with van der Waals surface area (Å²) in [6.07, 6.45) is 5.40. The molecule has 4 N–H and O–H groups in total. The van der Waals surface area contributed by atoms with E-state index < -0.39 is 35.1 Å². The van der Waals surface area contributed by atoms with Crippen LogP contribution in [0.1, 0.15) is 91.0 Å². The number of amides is 4. The molecule has 15 heteroatoms. The normalized spacial score (nSPS) is 18.2. The minimum atomic E-state index is -0.759. The quantitative estimate of drug-likeness (QED) is 0.130. The lowest BCUT2D eigenvalue weighted by Crippen LogP contribution is -2.54. The molecule has 0 bridgehead atoms. The van der Waals surface area contributed by atoms with E-state index in [0.29, 0.717) is 36.2 Å². The summed E-state index contributed by atoms with van der Waals surface area (Å²) >= 11 is 0. The zero-order valence-electron chi connectivity index (χ0n) is 34.0. The zero-order valence-corrected chi connectivity index (χ0v) is 34.0. The van der Waals surface area contributed by atoms with Gasteiger partial charge in [-0.15, -0.1) is 0 Å². The fourth-order valence-corrected chi connectivity index (χ4v) is 7.48. The van der Waals surface area contributed by atoms with Crippen LogP contribution in [0.4, 0.5) is 9.59 Å². The molecule has 2 fully saturated rings. The van der Waals surface area contributed by atoms with E-state index in [1.807, 2.05) is 90.1 Å². The van der Waals surface area contributed by atoms with Crippen molar-refractivity contribution in [2.45, 2.75) is 91.4 Å². The van der Waals surface area contributed by atoms with Gasteiger partial charge in [-0.2, -0.15) is 0 Å². The number of ether oxygens (including phenoxy) is 3. The molecule has 0 unspecified atom stereocenters. The molecule has 2 aliphatic rings. The van der Waals surface area contributed by atoms with Crippen molar-refractivity contribution in [1.29, 1.82) is 0 Å². The number of aromatic amines is 2. The molecule has 0 spiro atoms. The van der Waals surface area contributed by atoms with Crippen LogP contribution in [-0.2, 0) is 19.1 Å². The largest absolute Gasteiger partial charge is 0.457 e. The van der Waals surface area contributed by atoms with E-state index in [1.165, 1.54) is 14.2 Å². The summed E-state index contributed by atoms with van der Waals surface area (Å²) in [5.41, 5.74) is 2.33. The Bertz CT molecular complexity index is 2060. The van der Waals surface area contributed by atoms with Crippen molar-refractivity contribution in [2.24, 2.45) is 10.8 Å². The monoisotopic (exact) mass is 782 g/mol. The summed E-state index contributed by atoms with van der Waals surface area (Å²) in [7, 11) is 2.57. The van der Waals surface area contributed by atoms with Crippen LogP contribution in [0.3, 0.4) is 0 Å². The van der Waals surface area contributed by atoms with Gasteiger partial charge >= 0.3 is 12.2 Å². The van der Waals surface area contributed by atoms with Crippen LogP contribution in [0.15, 0.2) is 60.9 Å². The number of likely N-dealkylation sites (tertiary alicyclic amines) is 2. The highest BCUT2D eigenvalue weighted by Gasteiger charge is 2.42. The summed E-state index contributed by atoms with van der Waals surface area (Å²) in [6.45, 7) is 12.6. The van der Waals surface area contributed by atoms with E-state index in [4.69, 9.17) is 14.2 Å². The van der Waals surface area contributed by atoms with Gasteiger partial charge in [0.15, 0.2) is 0 Å². The number of carbonyl (C=O) groups excluding carboxylic acids is 4. The minimum absolute atomic E-state index is 0.167. The first kappa shape index (κ1) is 40.8. The third-order valence-corrected chi connectivity index (χ3v) is 10.6. The number of H-pyrrole nitrogens is 2. The van der Waals surface area contributed by atoms with Crippen LogP contribution in [0, 0.1) is 10.8 Å². The highest BCUT2D eigenvalue weighted by molar-refractivity contribution is 5.87. The van der Waals surface area contributed by atoms with Gasteiger partial charge in [0.1, 0.15) is 35.2 Å². The molecule has 4 aromatic rings. The molecule has 2 aromatic carbocycles. The third kappa shape index (κ3) is 9.24. The van der Waals surface area contributed by atoms with Crippen LogP contribution in [-0.4, -0.2) is 93.1 Å². The lowest BCUT2D eigenvalue weighted by Gasteiger charge is -2.35. The average Bonchev–Trinajstić information content (AvgIpc) is 4.01. The highest BCUT2D eigenvalue weighted by atomic mass is 16.5. The fourth-order valence-electron chi connectivity index (χ4n) is 7.48. The highest BCUT2D eigenvalue weighted by Crippen LogP contribution is 2.37. The molecule has 4 heterocycles. The number of hydrogen-bond donors (Lipinski definition) is 4. The lowest BCUT2D eigenvalue weighted by molar-refractivity contribution is -0.137. The molecule has 0 radical (unpaired) electrons. The Labute approximate surface area is 333 Å². The van der Waals surface area contributed by atoms with Gasteiger partial charge in [-0.1, -0.05) is 53.7 Å². The molecule has 0 aliphatic carbocycles. The number of nitrogens with zero attached hydrogens (tertiary/aromatic N) is 4. The molecule has 2 aliphatic heterocycles. The van der Waals surface area contributed by atoms with Crippen molar-refractivity contribution in [3.05, 3.63) is 72.6 Å². The Morgan fingerprint density at radius 2 is 1.16 bits per heavy atom. The van der Waals surface area contributed by atoms with Crippen molar-refractivity contribution in [3.63, 3.8) is 0 Å². The molecule has 2 saturated heterocycles. The predicted octanol–water partition coefficient (Wildman–Crippen LogP) is 7.13. The number of carbonyl (C=O) groups is 4. The second-order valence-electron chi connectivity index (χ2n) is 16.8. The summed E-state index contributed by atoms with van der Waals surface area (Å²) in [6, 6.07) is 13.4. The lowest BCUT2D eigenvalue weighted by atomic mass is 9.85. The van der Waals surface area contributed by atoms with Gasteiger partial charge in [0.05, 0.1) is 50.1 Å². The van der Waals surface area contributed by atoms with Gasteiger partial charge in [-0.05, 0) is 78.5 Å². The summed E-state index contributed by atoms with van der Waals surface area (Å²) in [4.78, 5) is 71.5. The van der Waals surface area contributed by atoms with Gasteiger partial charge in [-0.3, -0.25) is 9.59 Å². The van der Waals surface area contributed by atoms with Crippen molar-refractivity contribution >= 4 is 24.0 Å². The van der Waals surface area contributed by atoms with E-state index in [0.717, 1.165) is 48.2 Å². The minimum Gasteiger partial charge on any atom is -0.457 e. The summed E-state index contributed by atoms with van der Waals surface area (Å²) in [5, 5.41) is 5.45. The molecule has 6 rings (SSSR count). The Morgan fingerprint density at radius 3 is 1.61 bits per heavy atom. The van der Waals surface area contributed by atoms with Gasteiger partial charge in [-0.25, -0.2) is 19.6 Å². The van der Waals surface area contributed by atoms with Crippen LogP contribution in [0.25, 0.3) is 22.5 Å². The molecule has 0 saturated carbocycles. The Morgan fingerprint density at radius 1 is 0.684 bits per heavy atom. The van der Waals surface area contributed by atoms with Crippen molar-refractivity contribution in [2.75, 3.05) is 27.3 Å². The topological polar surface area (TPSA) is 184 Å². The number of nitrogens with one attached hydrogen (secondary N) is 4. The van der Waals surface area contributed by atoms with Crippen LogP contribution >= 0.6 is 0 Å². The van der Waals surface area contributed by atoms with Crippen molar-refractivity contribution < 1.29 is 33.4 Å². The first-order valence-corrected chi connectivity index (χ1v) is 19.4. The smallest absolute Gasteiger partial charge is 0.407 e. The first-order chi connectivity index (χ1) is 27.1. The second kappa shape index (κ2) is 16.7. The Kier molecular flexibility index (Phi) is 12.0. The molecular weight excluding hydrogens is 729 g/mol. The van der Waals surface area contributed by atoms with Crippen LogP contribution < -0.4 is 15.4 Å². The number of methoxy groups -OCH3 is 2. The molecule has 304 valence electrons.